The number of halogens is 2. The smallest absolute Gasteiger partial charge is 0.241 e. The van der Waals surface area contributed by atoms with Gasteiger partial charge in [0.2, 0.25) is 15.9 Å². The molecule has 1 N–H and O–H groups in total. The van der Waals surface area contributed by atoms with Crippen molar-refractivity contribution in [3.05, 3.63) is 99.5 Å². The highest BCUT2D eigenvalue weighted by molar-refractivity contribution is 7.92. The molecule has 1 amide bonds. The summed E-state index contributed by atoms with van der Waals surface area (Å²) >= 11 is 12.2. The van der Waals surface area contributed by atoms with Gasteiger partial charge in [0.05, 0.1) is 23.0 Å². The first-order valence-electron chi connectivity index (χ1n) is 9.49. The highest BCUT2D eigenvalue weighted by atomic mass is 35.5. The predicted molar refractivity (Wildman–Crippen MR) is 126 cm³/mol. The Labute approximate surface area is 192 Å². The average Bonchev–Trinajstić information content (AvgIpc) is 2.73. The van der Waals surface area contributed by atoms with Gasteiger partial charge in [0.1, 0.15) is 6.54 Å². The van der Waals surface area contributed by atoms with Crippen LogP contribution < -0.4 is 9.62 Å². The fourth-order valence-corrected chi connectivity index (χ4v) is 4.59. The third kappa shape index (κ3) is 5.79. The lowest BCUT2D eigenvalue weighted by atomic mass is 9.95. The molecule has 3 aromatic carbocycles. The van der Waals surface area contributed by atoms with Crippen molar-refractivity contribution in [1.82, 2.24) is 5.32 Å². The number of hydrogen-bond donors (Lipinski definition) is 1. The number of carbonyl (C=O) groups excluding carboxylic acids is 1. The van der Waals surface area contributed by atoms with Crippen molar-refractivity contribution in [3.63, 3.8) is 0 Å². The number of aryl methyl sites for hydroxylation is 1. The summed E-state index contributed by atoms with van der Waals surface area (Å²) in [5, 5.41) is 3.47. The van der Waals surface area contributed by atoms with E-state index in [0.717, 1.165) is 27.3 Å². The van der Waals surface area contributed by atoms with E-state index in [0.29, 0.717) is 5.02 Å². The van der Waals surface area contributed by atoms with Crippen LogP contribution in [0.5, 0.6) is 0 Å². The van der Waals surface area contributed by atoms with Gasteiger partial charge in [-0.15, -0.1) is 0 Å². The van der Waals surface area contributed by atoms with Crippen molar-refractivity contribution < 1.29 is 13.2 Å². The van der Waals surface area contributed by atoms with Gasteiger partial charge < -0.3 is 5.32 Å². The minimum atomic E-state index is -3.80. The molecule has 0 bridgehead atoms. The Kier molecular flexibility index (Phi) is 7.26. The first kappa shape index (κ1) is 23.1. The van der Waals surface area contributed by atoms with E-state index in [1.165, 1.54) is 12.1 Å². The molecule has 31 heavy (non-hydrogen) atoms. The van der Waals surface area contributed by atoms with Crippen LogP contribution in [0.3, 0.4) is 0 Å². The quantitative estimate of drug-likeness (QED) is 0.523. The van der Waals surface area contributed by atoms with Crippen molar-refractivity contribution in [1.29, 1.82) is 0 Å². The van der Waals surface area contributed by atoms with Gasteiger partial charge in [0.25, 0.3) is 0 Å². The lowest BCUT2D eigenvalue weighted by molar-refractivity contribution is -0.120. The summed E-state index contributed by atoms with van der Waals surface area (Å²) in [5.74, 6) is -0.474. The summed E-state index contributed by atoms with van der Waals surface area (Å²) in [6.07, 6.45) is 1.02. The number of anilines is 1. The number of benzene rings is 3. The van der Waals surface area contributed by atoms with Crippen LogP contribution in [0.25, 0.3) is 0 Å². The standard InChI is InChI=1S/C23H22Cl2N2O3S/c1-16-8-6-7-11-19(16)23(17-9-4-3-5-10-17)26-22(28)15-27(31(2,29)30)21-14-18(24)12-13-20(21)25/h3-14,23H,15H2,1-2H3,(H,26,28)/t23-/m0/s1. The Morgan fingerprint density at radius 3 is 2.29 bits per heavy atom. The highest BCUT2D eigenvalue weighted by Crippen LogP contribution is 2.31. The van der Waals surface area contributed by atoms with E-state index < -0.39 is 28.5 Å². The van der Waals surface area contributed by atoms with E-state index >= 15 is 0 Å². The Balaban J connectivity index is 1.94. The molecule has 162 valence electrons. The number of rotatable bonds is 7. The Hall–Kier alpha value is -2.54. The maximum Gasteiger partial charge on any atom is 0.241 e. The molecule has 5 nitrogen and oxygen atoms in total. The fourth-order valence-electron chi connectivity index (χ4n) is 3.29. The SMILES string of the molecule is Cc1ccccc1[C@@H](NC(=O)CN(c1cc(Cl)ccc1Cl)S(C)(=O)=O)c1ccccc1. The number of hydrogen-bond acceptors (Lipinski definition) is 3. The molecule has 0 spiro atoms. The maximum absolute atomic E-state index is 13.0. The number of nitrogens with one attached hydrogen (secondary N) is 1. The first-order chi connectivity index (χ1) is 14.7. The van der Waals surface area contributed by atoms with Gasteiger partial charge in [-0.05, 0) is 41.8 Å². The molecular weight excluding hydrogens is 455 g/mol. The van der Waals surface area contributed by atoms with E-state index in [9.17, 15) is 13.2 Å². The summed E-state index contributed by atoms with van der Waals surface area (Å²) in [4.78, 5) is 13.0. The summed E-state index contributed by atoms with van der Waals surface area (Å²) in [6.45, 7) is 1.53. The Bertz CT molecular complexity index is 1180. The lowest BCUT2D eigenvalue weighted by Crippen LogP contribution is -2.42. The zero-order valence-corrected chi connectivity index (χ0v) is 19.4. The number of amides is 1. The lowest BCUT2D eigenvalue weighted by Gasteiger charge is -2.26. The van der Waals surface area contributed by atoms with Gasteiger partial charge in [0.15, 0.2) is 0 Å². The van der Waals surface area contributed by atoms with Gasteiger partial charge in [-0.3, -0.25) is 9.10 Å². The van der Waals surface area contributed by atoms with Crippen LogP contribution in [-0.4, -0.2) is 27.1 Å². The van der Waals surface area contributed by atoms with E-state index in [4.69, 9.17) is 23.2 Å². The van der Waals surface area contributed by atoms with Crippen molar-refractivity contribution in [2.24, 2.45) is 0 Å². The van der Waals surface area contributed by atoms with Gasteiger partial charge in [-0.25, -0.2) is 8.42 Å². The topological polar surface area (TPSA) is 66.5 Å². The molecule has 0 unspecified atom stereocenters. The van der Waals surface area contributed by atoms with E-state index in [-0.39, 0.29) is 10.7 Å². The monoisotopic (exact) mass is 476 g/mol. The molecule has 0 radical (unpaired) electrons. The van der Waals surface area contributed by atoms with Crippen LogP contribution in [0.2, 0.25) is 10.0 Å². The second-order valence-corrected chi connectivity index (χ2v) is 9.88. The second kappa shape index (κ2) is 9.73. The molecule has 1 atom stereocenters. The molecule has 0 fully saturated rings. The minimum Gasteiger partial charge on any atom is -0.344 e. The Morgan fingerprint density at radius 1 is 1.00 bits per heavy atom. The average molecular weight is 477 g/mol. The largest absolute Gasteiger partial charge is 0.344 e. The van der Waals surface area contributed by atoms with Crippen molar-refractivity contribution in [3.8, 4) is 0 Å². The molecule has 0 aromatic heterocycles. The van der Waals surface area contributed by atoms with Crippen LogP contribution in [-0.2, 0) is 14.8 Å². The van der Waals surface area contributed by atoms with Crippen molar-refractivity contribution in [2.45, 2.75) is 13.0 Å². The normalized spacial score (nSPS) is 12.3. The zero-order valence-electron chi connectivity index (χ0n) is 17.0. The molecule has 0 saturated heterocycles. The van der Waals surface area contributed by atoms with Gasteiger partial charge >= 0.3 is 0 Å². The molecular formula is C23H22Cl2N2O3S. The number of sulfonamides is 1. The summed E-state index contributed by atoms with van der Waals surface area (Å²) < 4.78 is 25.9. The van der Waals surface area contributed by atoms with Crippen molar-refractivity contribution in [2.75, 3.05) is 17.1 Å². The van der Waals surface area contributed by atoms with E-state index in [2.05, 4.69) is 5.32 Å². The third-order valence-corrected chi connectivity index (χ3v) is 6.48. The highest BCUT2D eigenvalue weighted by Gasteiger charge is 2.26. The molecule has 3 aromatic rings. The van der Waals surface area contributed by atoms with Crippen LogP contribution in [0.4, 0.5) is 5.69 Å². The maximum atomic E-state index is 13.0. The molecule has 8 heteroatoms. The number of nitrogens with zero attached hydrogens (tertiary/aromatic N) is 1. The van der Waals surface area contributed by atoms with Crippen LogP contribution in [0, 0.1) is 6.92 Å². The number of carbonyl (C=O) groups is 1. The molecule has 0 aliphatic heterocycles. The second-order valence-electron chi connectivity index (χ2n) is 7.13. The van der Waals surface area contributed by atoms with Gasteiger partial charge in [-0.1, -0.05) is 77.8 Å². The minimum absolute atomic E-state index is 0.152. The van der Waals surface area contributed by atoms with Gasteiger partial charge in [0, 0.05) is 5.02 Å². The molecule has 0 aliphatic carbocycles. The first-order valence-corrected chi connectivity index (χ1v) is 12.1. The van der Waals surface area contributed by atoms with E-state index in [1.807, 2.05) is 61.5 Å². The van der Waals surface area contributed by atoms with Crippen LogP contribution in [0.15, 0.2) is 72.8 Å². The van der Waals surface area contributed by atoms with Crippen molar-refractivity contribution >= 4 is 44.8 Å². The van der Waals surface area contributed by atoms with E-state index in [1.54, 1.807) is 6.07 Å². The van der Waals surface area contributed by atoms with Crippen LogP contribution >= 0.6 is 23.2 Å². The summed E-state index contributed by atoms with van der Waals surface area (Å²) in [7, 11) is -3.80. The van der Waals surface area contributed by atoms with Gasteiger partial charge in [-0.2, -0.15) is 0 Å². The molecule has 0 saturated carbocycles. The predicted octanol–water partition coefficient (Wildman–Crippen LogP) is 4.97. The van der Waals surface area contributed by atoms with Crippen LogP contribution in [0.1, 0.15) is 22.7 Å². The molecule has 0 aliphatic rings. The molecule has 0 heterocycles. The molecule has 3 rings (SSSR count). The zero-order chi connectivity index (χ0) is 22.6. The third-order valence-electron chi connectivity index (χ3n) is 4.80. The Morgan fingerprint density at radius 2 is 1.65 bits per heavy atom. The summed E-state index contributed by atoms with van der Waals surface area (Å²) in [5.41, 5.74) is 2.97. The fraction of sp³-hybridized carbons (Fsp3) is 0.174. The summed E-state index contributed by atoms with van der Waals surface area (Å²) in [6, 6.07) is 21.3.